The van der Waals surface area contributed by atoms with E-state index in [2.05, 4.69) is 5.32 Å². The third-order valence-corrected chi connectivity index (χ3v) is 4.82. The molecule has 1 saturated heterocycles. The van der Waals surface area contributed by atoms with Gasteiger partial charge in [-0.25, -0.2) is 4.79 Å². The monoisotopic (exact) mass is 433 g/mol. The van der Waals surface area contributed by atoms with E-state index in [4.69, 9.17) is 30.5 Å². The summed E-state index contributed by atoms with van der Waals surface area (Å²) in [5.41, 5.74) is 0.618. The van der Waals surface area contributed by atoms with E-state index in [1.165, 1.54) is 0 Å². The van der Waals surface area contributed by atoms with Crippen LogP contribution in [0.4, 0.5) is 5.69 Å². The summed E-state index contributed by atoms with van der Waals surface area (Å²) in [6.07, 6.45) is -0.529. The number of hydrogen-bond acceptors (Lipinski definition) is 6. The van der Waals surface area contributed by atoms with Crippen LogP contribution in [-0.4, -0.2) is 38.3 Å². The quantitative estimate of drug-likeness (QED) is 0.665. The van der Waals surface area contributed by atoms with Crippen molar-refractivity contribution in [3.63, 3.8) is 0 Å². The van der Waals surface area contributed by atoms with Gasteiger partial charge in [0.1, 0.15) is 5.75 Å². The van der Waals surface area contributed by atoms with Gasteiger partial charge in [0.25, 0.3) is 0 Å². The Morgan fingerprint density at radius 3 is 2.33 bits per heavy atom. The molecule has 2 aromatic carbocycles. The van der Waals surface area contributed by atoms with Crippen molar-refractivity contribution in [3.05, 3.63) is 59.1 Å². The third kappa shape index (κ3) is 5.72. The lowest BCUT2D eigenvalue weighted by Crippen LogP contribution is -2.45. The topological polar surface area (TPSA) is 83.1 Å². The summed E-state index contributed by atoms with van der Waals surface area (Å²) < 4.78 is 21.7. The number of hydrogen-bond donors (Lipinski definition) is 1. The zero-order valence-corrected chi connectivity index (χ0v) is 17.6. The zero-order valence-electron chi connectivity index (χ0n) is 16.9. The number of amides is 1. The van der Waals surface area contributed by atoms with E-state index >= 15 is 0 Å². The van der Waals surface area contributed by atoms with E-state index in [9.17, 15) is 9.59 Å². The lowest BCUT2D eigenvalue weighted by Gasteiger charge is -2.36. The minimum atomic E-state index is -0.831. The fourth-order valence-corrected chi connectivity index (χ4v) is 2.94. The largest absolute Gasteiger partial charge is 0.482 e. The Hall–Kier alpha value is -2.61. The summed E-state index contributed by atoms with van der Waals surface area (Å²) >= 11 is 5.91. The Labute approximate surface area is 180 Å². The number of benzene rings is 2. The van der Waals surface area contributed by atoms with Gasteiger partial charge in [-0.15, -0.1) is 0 Å². The maximum absolute atomic E-state index is 12.8. The minimum Gasteiger partial charge on any atom is -0.482 e. The molecule has 3 rings (SSSR count). The van der Waals surface area contributed by atoms with Gasteiger partial charge in [0.05, 0.1) is 25.2 Å². The van der Waals surface area contributed by atoms with Crippen LogP contribution < -0.4 is 10.1 Å². The Morgan fingerprint density at radius 1 is 1.10 bits per heavy atom. The standard InChI is InChI=1S/C22H24ClNO6/c1-3-27-19(25)12-28-18-10-8-17(9-11-18)24-21(26)22(2)13-29-20(30-14-22)15-4-6-16(23)7-5-15/h4-11,20H,3,12-14H2,1-2H3,(H,24,26). The van der Waals surface area contributed by atoms with Gasteiger partial charge in [0, 0.05) is 16.3 Å². The smallest absolute Gasteiger partial charge is 0.344 e. The molecule has 8 heteroatoms. The molecule has 0 radical (unpaired) electrons. The fraction of sp³-hybridized carbons (Fsp3) is 0.364. The van der Waals surface area contributed by atoms with E-state index in [1.54, 1.807) is 50.2 Å². The second-order valence-electron chi connectivity index (χ2n) is 7.14. The normalized spacial score (nSPS) is 21.0. The van der Waals surface area contributed by atoms with Crippen LogP contribution in [0.3, 0.4) is 0 Å². The van der Waals surface area contributed by atoms with E-state index in [0.29, 0.717) is 23.1 Å². The predicted molar refractivity (Wildman–Crippen MR) is 111 cm³/mol. The van der Waals surface area contributed by atoms with Crippen molar-refractivity contribution in [2.24, 2.45) is 5.41 Å². The number of esters is 1. The zero-order chi connectivity index (χ0) is 21.6. The first-order chi connectivity index (χ1) is 14.4. The van der Waals surface area contributed by atoms with Crippen LogP contribution in [0, 0.1) is 5.41 Å². The van der Waals surface area contributed by atoms with Crippen LogP contribution in [0.2, 0.25) is 5.02 Å². The average molecular weight is 434 g/mol. The summed E-state index contributed by atoms with van der Waals surface area (Å²) in [6, 6.07) is 13.9. The first-order valence-electron chi connectivity index (χ1n) is 9.58. The maximum Gasteiger partial charge on any atom is 0.344 e. The predicted octanol–water partition coefficient (Wildman–Crippen LogP) is 3.97. The fourth-order valence-electron chi connectivity index (χ4n) is 2.81. The molecule has 160 valence electrons. The highest BCUT2D eigenvalue weighted by molar-refractivity contribution is 6.30. The molecule has 7 nitrogen and oxygen atoms in total. The number of halogens is 1. The molecule has 0 saturated carbocycles. The van der Waals surface area contributed by atoms with Gasteiger partial charge < -0.3 is 24.3 Å². The number of rotatable bonds is 7. The van der Waals surface area contributed by atoms with Crippen molar-refractivity contribution in [2.45, 2.75) is 20.1 Å². The van der Waals surface area contributed by atoms with E-state index < -0.39 is 17.7 Å². The molecule has 1 aliphatic heterocycles. The van der Waals surface area contributed by atoms with E-state index in [0.717, 1.165) is 5.56 Å². The summed E-state index contributed by atoms with van der Waals surface area (Å²) in [5.74, 6) is -0.142. The van der Waals surface area contributed by atoms with Crippen LogP contribution >= 0.6 is 11.6 Å². The van der Waals surface area contributed by atoms with Crippen molar-refractivity contribution in [1.82, 2.24) is 0 Å². The Kier molecular flexibility index (Phi) is 7.31. The lowest BCUT2D eigenvalue weighted by atomic mass is 9.90. The molecule has 1 heterocycles. The molecule has 0 atom stereocenters. The van der Waals surface area contributed by atoms with Crippen molar-refractivity contribution in [2.75, 3.05) is 31.7 Å². The molecule has 1 amide bonds. The second-order valence-corrected chi connectivity index (χ2v) is 7.57. The molecule has 0 unspecified atom stereocenters. The maximum atomic E-state index is 12.8. The van der Waals surface area contributed by atoms with Crippen LogP contribution in [0.25, 0.3) is 0 Å². The number of anilines is 1. The van der Waals surface area contributed by atoms with Gasteiger partial charge in [0.15, 0.2) is 12.9 Å². The summed E-state index contributed by atoms with van der Waals surface area (Å²) in [5, 5.41) is 3.50. The van der Waals surface area contributed by atoms with E-state index in [-0.39, 0.29) is 25.7 Å². The van der Waals surface area contributed by atoms with Crippen LogP contribution in [-0.2, 0) is 23.8 Å². The van der Waals surface area contributed by atoms with Crippen molar-refractivity contribution >= 4 is 29.2 Å². The average Bonchev–Trinajstić information content (AvgIpc) is 2.75. The van der Waals surface area contributed by atoms with Gasteiger partial charge in [-0.2, -0.15) is 0 Å². The molecule has 0 spiro atoms. The van der Waals surface area contributed by atoms with Crippen molar-refractivity contribution in [1.29, 1.82) is 0 Å². The lowest BCUT2D eigenvalue weighted by molar-refractivity contribution is -0.226. The van der Waals surface area contributed by atoms with Crippen LogP contribution in [0.1, 0.15) is 25.7 Å². The van der Waals surface area contributed by atoms with Crippen LogP contribution in [0.15, 0.2) is 48.5 Å². The number of carbonyl (C=O) groups excluding carboxylic acids is 2. The van der Waals surface area contributed by atoms with Crippen molar-refractivity contribution in [3.8, 4) is 5.75 Å². The van der Waals surface area contributed by atoms with Crippen LogP contribution in [0.5, 0.6) is 5.75 Å². The minimum absolute atomic E-state index is 0.166. The summed E-state index contributed by atoms with van der Waals surface area (Å²) in [7, 11) is 0. The van der Waals surface area contributed by atoms with Gasteiger partial charge in [-0.1, -0.05) is 23.7 Å². The molecule has 1 fully saturated rings. The first kappa shape index (κ1) is 22.1. The Morgan fingerprint density at radius 2 is 1.73 bits per heavy atom. The highest BCUT2D eigenvalue weighted by Crippen LogP contribution is 2.33. The van der Waals surface area contributed by atoms with Gasteiger partial charge >= 0.3 is 5.97 Å². The molecule has 1 N–H and O–H groups in total. The highest BCUT2D eigenvalue weighted by atomic mass is 35.5. The molecule has 0 aliphatic carbocycles. The third-order valence-electron chi connectivity index (χ3n) is 4.57. The molecular formula is C22H24ClNO6. The molecular weight excluding hydrogens is 410 g/mol. The Bertz CT molecular complexity index is 860. The molecule has 0 bridgehead atoms. The van der Waals surface area contributed by atoms with Gasteiger partial charge in [0.2, 0.25) is 5.91 Å². The first-order valence-corrected chi connectivity index (χ1v) is 9.96. The number of nitrogens with one attached hydrogen (secondary N) is 1. The molecule has 2 aromatic rings. The molecule has 1 aliphatic rings. The van der Waals surface area contributed by atoms with E-state index in [1.807, 2.05) is 12.1 Å². The highest BCUT2D eigenvalue weighted by Gasteiger charge is 2.39. The summed E-state index contributed by atoms with van der Waals surface area (Å²) in [6.45, 7) is 4.09. The summed E-state index contributed by atoms with van der Waals surface area (Å²) in [4.78, 5) is 24.1. The van der Waals surface area contributed by atoms with Gasteiger partial charge in [-0.3, -0.25) is 4.79 Å². The molecule has 0 aromatic heterocycles. The SMILES string of the molecule is CCOC(=O)COc1ccc(NC(=O)C2(C)COC(c3ccc(Cl)cc3)OC2)cc1. The molecule has 30 heavy (non-hydrogen) atoms. The van der Waals surface area contributed by atoms with Crippen molar-refractivity contribution < 1.29 is 28.5 Å². The van der Waals surface area contributed by atoms with Gasteiger partial charge in [-0.05, 0) is 50.2 Å². The number of ether oxygens (including phenoxy) is 4. The second kappa shape index (κ2) is 9.93. The Balaban J connectivity index is 1.51. The number of carbonyl (C=O) groups is 2.